The summed E-state index contributed by atoms with van der Waals surface area (Å²) in [6.45, 7) is 0.514. The van der Waals surface area contributed by atoms with E-state index in [0.29, 0.717) is 17.9 Å². The van der Waals surface area contributed by atoms with Gasteiger partial charge in [-0.15, -0.1) is 11.3 Å². The van der Waals surface area contributed by atoms with E-state index in [-0.39, 0.29) is 5.56 Å². The van der Waals surface area contributed by atoms with Gasteiger partial charge in [0, 0.05) is 38.2 Å². The molecule has 0 spiro atoms. The largest absolute Gasteiger partial charge is 0.399 e. The maximum Gasteiger partial charge on any atom is 0.265 e. The van der Waals surface area contributed by atoms with E-state index in [2.05, 4.69) is 21.2 Å². The van der Waals surface area contributed by atoms with Crippen LogP contribution in [-0.2, 0) is 6.54 Å². The van der Waals surface area contributed by atoms with Crippen LogP contribution in [0.1, 0.15) is 16.9 Å². The molecule has 1 aromatic heterocycles. The molecule has 2 nitrogen and oxygen atoms in total. The van der Waals surface area contributed by atoms with Gasteiger partial charge in [0.25, 0.3) is 6.43 Å². The number of alkyl halides is 2. The van der Waals surface area contributed by atoms with Crippen molar-refractivity contribution >= 4 is 38.6 Å². The van der Waals surface area contributed by atoms with Crippen molar-refractivity contribution in [2.75, 3.05) is 11.1 Å². The molecule has 0 amide bonds. The molecule has 0 atom stereocenters. The summed E-state index contributed by atoms with van der Waals surface area (Å²) >= 11 is 4.92. The smallest absolute Gasteiger partial charge is 0.265 e. The molecule has 0 fully saturated rings. The summed E-state index contributed by atoms with van der Waals surface area (Å²) < 4.78 is 26.7. The molecule has 0 aliphatic carbocycles. The van der Waals surface area contributed by atoms with E-state index < -0.39 is 6.43 Å². The van der Waals surface area contributed by atoms with E-state index in [1.165, 1.54) is 6.07 Å². The first-order chi connectivity index (χ1) is 8.56. The first-order valence-corrected chi connectivity index (χ1v) is 6.88. The number of nitrogens with one attached hydrogen (secondary N) is 1. The molecular formula is C12H11BrF2N2S. The molecule has 2 aromatic rings. The highest BCUT2D eigenvalue weighted by Crippen LogP contribution is 2.30. The molecule has 0 aliphatic heterocycles. The van der Waals surface area contributed by atoms with E-state index in [1.54, 1.807) is 23.5 Å². The highest BCUT2D eigenvalue weighted by molar-refractivity contribution is 9.10. The quantitative estimate of drug-likeness (QED) is 0.800. The van der Waals surface area contributed by atoms with E-state index in [9.17, 15) is 8.78 Å². The highest BCUT2D eigenvalue weighted by Gasteiger charge is 2.13. The van der Waals surface area contributed by atoms with Gasteiger partial charge in [-0.3, -0.25) is 0 Å². The Morgan fingerprint density at radius 3 is 2.72 bits per heavy atom. The van der Waals surface area contributed by atoms with Gasteiger partial charge >= 0.3 is 0 Å². The Morgan fingerprint density at radius 1 is 1.33 bits per heavy atom. The van der Waals surface area contributed by atoms with Crippen LogP contribution in [0.15, 0.2) is 34.1 Å². The van der Waals surface area contributed by atoms with Crippen LogP contribution < -0.4 is 11.1 Å². The Hall–Kier alpha value is -1.14. The van der Waals surface area contributed by atoms with E-state index in [1.807, 2.05) is 11.4 Å². The van der Waals surface area contributed by atoms with Crippen molar-refractivity contribution in [3.05, 3.63) is 44.6 Å². The van der Waals surface area contributed by atoms with Crippen LogP contribution in [0.5, 0.6) is 0 Å². The fourth-order valence-corrected chi connectivity index (χ4v) is 2.94. The van der Waals surface area contributed by atoms with Gasteiger partial charge in [-0.2, -0.15) is 0 Å². The van der Waals surface area contributed by atoms with Gasteiger partial charge < -0.3 is 11.1 Å². The molecule has 18 heavy (non-hydrogen) atoms. The monoisotopic (exact) mass is 332 g/mol. The van der Waals surface area contributed by atoms with Crippen LogP contribution in [0.25, 0.3) is 0 Å². The lowest BCUT2D eigenvalue weighted by Gasteiger charge is -2.11. The third-order valence-corrected chi connectivity index (χ3v) is 4.08. The number of hydrogen-bond acceptors (Lipinski definition) is 3. The number of hydrogen-bond donors (Lipinski definition) is 2. The van der Waals surface area contributed by atoms with Crippen LogP contribution in [-0.4, -0.2) is 0 Å². The van der Waals surface area contributed by atoms with Crippen molar-refractivity contribution in [3.8, 4) is 0 Å². The molecule has 0 radical (unpaired) electrons. The van der Waals surface area contributed by atoms with Crippen LogP contribution in [0.3, 0.4) is 0 Å². The van der Waals surface area contributed by atoms with Gasteiger partial charge in [-0.25, -0.2) is 8.78 Å². The number of nitrogens with two attached hydrogens (primary N) is 1. The lowest BCUT2D eigenvalue weighted by molar-refractivity contribution is 0.152. The Bertz CT molecular complexity index is 543. The topological polar surface area (TPSA) is 38.0 Å². The first-order valence-electron chi connectivity index (χ1n) is 5.20. The van der Waals surface area contributed by atoms with Crippen molar-refractivity contribution in [1.82, 2.24) is 0 Å². The van der Waals surface area contributed by atoms with Crippen molar-refractivity contribution in [2.45, 2.75) is 13.0 Å². The van der Waals surface area contributed by atoms with Crippen molar-refractivity contribution < 1.29 is 8.78 Å². The van der Waals surface area contributed by atoms with Gasteiger partial charge in [-0.1, -0.05) is 0 Å². The molecule has 96 valence electrons. The summed E-state index contributed by atoms with van der Waals surface area (Å²) in [5.74, 6) is 0. The minimum atomic E-state index is -2.54. The van der Waals surface area contributed by atoms with E-state index in [0.717, 1.165) is 9.35 Å². The maximum atomic E-state index is 12.8. The SMILES string of the molecule is Nc1ccc(NCc2cc(Br)cs2)c(C(F)F)c1. The minimum Gasteiger partial charge on any atom is -0.399 e. The number of halogens is 3. The predicted molar refractivity (Wildman–Crippen MR) is 75.2 cm³/mol. The first kappa shape index (κ1) is 13.3. The molecule has 0 saturated heterocycles. The van der Waals surface area contributed by atoms with Crippen molar-refractivity contribution in [3.63, 3.8) is 0 Å². The second kappa shape index (κ2) is 5.67. The summed E-state index contributed by atoms with van der Waals surface area (Å²) in [7, 11) is 0. The Morgan fingerprint density at radius 2 is 2.11 bits per heavy atom. The molecule has 0 aliphatic rings. The summed E-state index contributed by atoms with van der Waals surface area (Å²) in [4.78, 5) is 1.07. The standard InChI is InChI=1S/C12H11BrF2N2S/c13-7-3-9(18-6-7)5-17-11-2-1-8(16)4-10(11)12(14)15/h1-4,6,12,17H,5,16H2. The lowest BCUT2D eigenvalue weighted by Crippen LogP contribution is -2.02. The molecule has 1 heterocycles. The van der Waals surface area contributed by atoms with Crippen molar-refractivity contribution in [2.24, 2.45) is 0 Å². The lowest BCUT2D eigenvalue weighted by atomic mass is 10.1. The third kappa shape index (κ3) is 3.20. The average molecular weight is 333 g/mol. The molecule has 2 rings (SSSR count). The third-order valence-electron chi connectivity index (χ3n) is 2.39. The number of benzene rings is 1. The number of anilines is 2. The Balaban J connectivity index is 2.13. The van der Waals surface area contributed by atoms with Gasteiger partial charge in [0.05, 0.1) is 0 Å². The molecular weight excluding hydrogens is 322 g/mol. The van der Waals surface area contributed by atoms with E-state index >= 15 is 0 Å². The van der Waals surface area contributed by atoms with Gasteiger partial charge in [-0.05, 0) is 40.2 Å². The molecule has 0 saturated carbocycles. The van der Waals surface area contributed by atoms with Crippen LogP contribution in [0, 0.1) is 0 Å². The summed E-state index contributed by atoms with van der Waals surface area (Å²) in [5, 5.41) is 4.96. The van der Waals surface area contributed by atoms with Crippen LogP contribution in [0.2, 0.25) is 0 Å². The van der Waals surface area contributed by atoms with Gasteiger partial charge in [0.1, 0.15) is 0 Å². The second-order valence-electron chi connectivity index (χ2n) is 3.73. The Kier molecular flexibility index (Phi) is 4.19. The van der Waals surface area contributed by atoms with E-state index in [4.69, 9.17) is 5.73 Å². The zero-order valence-corrected chi connectivity index (χ0v) is 11.7. The normalized spacial score (nSPS) is 10.9. The van der Waals surface area contributed by atoms with Gasteiger partial charge in [0.15, 0.2) is 0 Å². The highest BCUT2D eigenvalue weighted by atomic mass is 79.9. The fourth-order valence-electron chi connectivity index (χ4n) is 1.55. The maximum absolute atomic E-state index is 12.8. The summed E-state index contributed by atoms with van der Waals surface area (Å²) in [5.41, 5.74) is 6.21. The predicted octanol–water partition coefficient (Wildman–Crippen LogP) is 4.64. The number of rotatable bonds is 4. The molecule has 0 bridgehead atoms. The molecule has 3 N–H and O–H groups in total. The summed E-state index contributed by atoms with van der Waals surface area (Å²) in [6, 6.07) is 6.45. The fraction of sp³-hybridized carbons (Fsp3) is 0.167. The molecule has 6 heteroatoms. The minimum absolute atomic E-state index is 0.0642. The van der Waals surface area contributed by atoms with Gasteiger partial charge in [0.2, 0.25) is 0 Å². The molecule has 0 unspecified atom stereocenters. The van der Waals surface area contributed by atoms with Crippen LogP contribution >= 0.6 is 27.3 Å². The summed E-state index contributed by atoms with van der Waals surface area (Å²) in [6.07, 6.45) is -2.54. The van der Waals surface area contributed by atoms with Crippen LogP contribution in [0.4, 0.5) is 20.2 Å². The average Bonchev–Trinajstić information content (AvgIpc) is 2.73. The van der Waals surface area contributed by atoms with Crippen molar-refractivity contribution in [1.29, 1.82) is 0 Å². The zero-order chi connectivity index (χ0) is 13.1. The molecule has 1 aromatic carbocycles. The zero-order valence-electron chi connectivity index (χ0n) is 9.29. The second-order valence-corrected chi connectivity index (χ2v) is 5.64. The number of nitrogen functional groups attached to an aromatic ring is 1. The Labute approximate surface area is 116 Å². The number of thiophene rings is 1.